The molecule has 0 radical (unpaired) electrons. The van der Waals surface area contributed by atoms with E-state index in [-0.39, 0.29) is 12.5 Å². The van der Waals surface area contributed by atoms with Crippen LogP contribution < -0.4 is 20.1 Å². The number of hydrogen-bond acceptors (Lipinski definition) is 4. The van der Waals surface area contributed by atoms with E-state index in [1.165, 1.54) is 0 Å². The number of anilines is 2. The average Bonchev–Trinajstić information content (AvgIpc) is 2.54. The van der Waals surface area contributed by atoms with Gasteiger partial charge in [-0.15, -0.1) is 0 Å². The first-order chi connectivity index (χ1) is 11.0. The molecule has 0 unspecified atom stereocenters. The van der Waals surface area contributed by atoms with E-state index in [2.05, 4.69) is 26.6 Å². The third kappa shape index (κ3) is 4.63. The summed E-state index contributed by atoms with van der Waals surface area (Å²) in [6.07, 6.45) is 0. The smallest absolute Gasteiger partial charge is 0.243 e. The molecular weight excluding hydrogens is 360 g/mol. The van der Waals surface area contributed by atoms with Crippen molar-refractivity contribution in [3.05, 3.63) is 46.4 Å². The summed E-state index contributed by atoms with van der Waals surface area (Å²) in [5, 5.41) is 5.94. The fourth-order valence-electron chi connectivity index (χ4n) is 2.10. The van der Waals surface area contributed by atoms with Gasteiger partial charge in [0.2, 0.25) is 5.91 Å². The van der Waals surface area contributed by atoms with Gasteiger partial charge in [0.25, 0.3) is 0 Å². The van der Waals surface area contributed by atoms with Crippen molar-refractivity contribution in [1.29, 1.82) is 0 Å². The Labute approximate surface area is 144 Å². The predicted molar refractivity (Wildman–Crippen MR) is 95.5 cm³/mol. The second kappa shape index (κ2) is 7.87. The van der Waals surface area contributed by atoms with Gasteiger partial charge < -0.3 is 20.1 Å². The number of methoxy groups -OCH3 is 2. The molecule has 0 aliphatic heterocycles. The normalized spacial score (nSPS) is 10.1. The molecule has 2 N–H and O–H groups in total. The van der Waals surface area contributed by atoms with Crippen LogP contribution in [0.1, 0.15) is 5.56 Å². The summed E-state index contributed by atoms with van der Waals surface area (Å²) in [5.41, 5.74) is 2.59. The molecule has 0 aliphatic carbocycles. The minimum Gasteiger partial charge on any atom is -0.497 e. The molecule has 2 rings (SSSR count). The quantitative estimate of drug-likeness (QED) is 0.801. The molecular formula is C17H19BrN2O3. The lowest BCUT2D eigenvalue weighted by Gasteiger charge is -2.13. The summed E-state index contributed by atoms with van der Waals surface area (Å²) in [4.78, 5) is 12.1. The highest BCUT2D eigenvalue weighted by Gasteiger charge is 2.09. The molecule has 0 saturated carbocycles. The van der Waals surface area contributed by atoms with Crippen LogP contribution in [0.2, 0.25) is 0 Å². The number of amides is 1. The Morgan fingerprint density at radius 3 is 2.48 bits per heavy atom. The lowest BCUT2D eigenvalue weighted by molar-refractivity contribution is -0.114. The molecule has 2 aromatic rings. The number of hydrogen-bond donors (Lipinski definition) is 2. The molecule has 0 heterocycles. The van der Waals surface area contributed by atoms with Crippen LogP contribution in [0.4, 0.5) is 11.4 Å². The number of carbonyl (C=O) groups is 1. The Balaban J connectivity index is 1.99. The van der Waals surface area contributed by atoms with Crippen LogP contribution >= 0.6 is 15.9 Å². The molecule has 0 saturated heterocycles. The van der Waals surface area contributed by atoms with Crippen LogP contribution in [-0.4, -0.2) is 26.7 Å². The van der Waals surface area contributed by atoms with Gasteiger partial charge in [0, 0.05) is 16.2 Å². The number of halogens is 1. The monoisotopic (exact) mass is 378 g/mol. The molecule has 0 atom stereocenters. The average molecular weight is 379 g/mol. The molecule has 0 fully saturated rings. The van der Waals surface area contributed by atoms with Crippen molar-refractivity contribution in [1.82, 2.24) is 0 Å². The molecule has 122 valence electrons. The number of aryl methyl sites for hydroxylation is 1. The van der Waals surface area contributed by atoms with Crippen LogP contribution in [0.15, 0.2) is 40.9 Å². The van der Waals surface area contributed by atoms with Crippen molar-refractivity contribution in [3.63, 3.8) is 0 Å². The standard InChI is InChI=1S/C17H19BrN2O3/c1-11-8-12(18)4-6-14(11)19-10-17(21)20-15-7-5-13(22-2)9-16(15)23-3/h4-9,19H,10H2,1-3H3,(H,20,21). The van der Waals surface area contributed by atoms with Crippen LogP contribution in [0.25, 0.3) is 0 Å². The van der Waals surface area contributed by atoms with E-state index < -0.39 is 0 Å². The van der Waals surface area contributed by atoms with E-state index >= 15 is 0 Å². The largest absolute Gasteiger partial charge is 0.497 e. The summed E-state index contributed by atoms with van der Waals surface area (Å²) in [6.45, 7) is 2.15. The minimum atomic E-state index is -0.157. The number of carbonyl (C=O) groups excluding carboxylic acids is 1. The van der Waals surface area contributed by atoms with E-state index in [1.807, 2.05) is 25.1 Å². The zero-order valence-corrected chi connectivity index (χ0v) is 14.9. The lowest BCUT2D eigenvalue weighted by atomic mass is 10.2. The lowest BCUT2D eigenvalue weighted by Crippen LogP contribution is -2.22. The van der Waals surface area contributed by atoms with Crippen LogP contribution in [0, 0.1) is 6.92 Å². The highest BCUT2D eigenvalue weighted by Crippen LogP contribution is 2.29. The zero-order valence-electron chi connectivity index (χ0n) is 13.3. The maximum absolute atomic E-state index is 12.1. The Hall–Kier alpha value is -2.21. The van der Waals surface area contributed by atoms with Gasteiger partial charge in [-0.3, -0.25) is 4.79 Å². The SMILES string of the molecule is COc1ccc(NC(=O)CNc2ccc(Br)cc2C)c(OC)c1. The minimum absolute atomic E-state index is 0.157. The Morgan fingerprint density at radius 2 is 1.83 bits per heavy atom. The van der Waals surface area contributed by atoms with Gasteiger partial charge in [0.1, 0.15) is 11.5 Å². The molecule has 5 nitrogen and oxygen atoms in total. The van der Waals surface area contributed by atoms with Crippen molar-refractivity contribution in [2.75, 3.05) is 31.4 Å². The molecule has 0 bridgehead atoms. The molecule has 0 aliphatic rings. The zero-order chi connectivity index (χ0) is 16.8. The molecule has 0 spiro atoms. The van der Waals surface area contributed by atoms with Crippen LogP contribution in [0.5, 0.6) is 11.5 Å². The van der Waals surface area contributed by atoms with Crippen molar-refractivity contribution < 1.29 is 14.3 Å². The van der Waals surface area contributed by atoms with Crippen LogP contribution in [-0.2, 0) is 4.79 Å². The van der Waals surface area contributed by atoms with E-state index in [0.717, 1.165) is 15.7 Å². The Bertz CT molecular complexity index is 704. The number of benzene rings is 2. The highest BCUT2D eigenvalue weighted by atomic mass is 79.9. The Morgan fingerprint density at radius 1 is 1.09 bits per heavy atom. The van der Waals surface area contributed by atoms with Gasteiger partial charge in [-0.2, -0.15) is 0 Å². The maximum Gasteiger partial charge on any atom is 0.243 e. The second-order valence-corrected chi connectivity index (χ2v) is 5.84. The number of rotatable bonds is 6. The van der Waals surface area contributed by atoms with Gasteiger partial charge in [0.05, 0.1) is 26.5 Å². The van der Waals surface area contributed by atoms with Crippen LogP contribution in [0.3, 0.4) is 0 Å². The van der Waals surface area contributed by atoms with Crippen molar-refractivity contribution in [2.24, 2.45) is 0 Å². The third-order valence-electron chi connectivity index (χ3n) is 3.31. The summed E-state index contributed by atoms with van der Waals surface area (Å²) in [7, 11) is 3.13. The molecule has 2 aromatic carbocycles. The van der Waals surface area contributed by atoms with Crippen molar-refractivity contribution >= 4 is 33.2 Å². The molecule has 1 amide bonds. The van der Waals surface area contributed by atoms with E-state index in [9.17, 15) is 4.79 Å². The Kier molecular flexibility index (Phi) is 5.87. The number of nitrogens with one attached hydrogen (secondary N) is 2. The van der Waals surface area contributed by atoms with E-state index in [1.54, 1.807) is 32.4 Å². The fraction of sp³-hybridized carbons (Fsp3) is 0.235. The van der Waals surface area contributed by atoms with Gasteiger partial charge in [-0.25, -0.2) is 0 Å². The summed E-state index contributed by atoms with van der Waals surface area (Å²) in [5.74, 6) is 1.07. The summed E-state index contributed by atoms with van der Waals surface area (Å²) in [6, 6.07) is 11.1. The van der Waals surface area contributed by atoms with Crippen molar-refractivity contribution in [2.45, 2.75) is 6.92 Å². The topological polar surface area (TPSA) is 59.6 Å². The first-order valence-corrected chi connectivity index (χ1v) is 7.84. The molecule has 23 heavy (non-hydrogen) atoms. The fourth-order valence-corrected chi connectivity index (χ4v) is 2.57. The van der Waals surface area contributed by atoms with E-state index in [0.29, 0.717) is 17.2 Å². The van der Waals surface area contributed by atoms with Gasteiger partial charge >= 0.3 is 0 Å². The van der Waals surface area contributed by atoms with Crippen molar-refractivity contribution in [3.8, 4) is 11.5 Å². The molecule has 6 heteroatoms. The summed E-state index contributed by atoms with van der Waals surface area (Å²) >= 11 is 3.42. The van der Waals surface area contributed by atoms with Gasteiger partial charge in [-0.1, -0.05) is 15.9 Å². The molecule has 0 aromatic heterocycles. The first-order valence-electron chi connectivity index (χ1n) is 7.05. The van der Waals surface area contributed by atoms with E-state index in [4.69, 9.17) is 9.47 Å². The third-order valence-corrected chi connectivity index (χ3v) is 3.80. The summed E-state index contributed by atoms with van der Waals surface area (Å²) < 4.78 is 11.4. The van der Waals surface area contributed by atoms with Gasteiger partial charge in [0.15, 0.2) is 0 Å². The highest BCUT2D eigenvalue weighted by molar-refractivity contribution is 9.10. The van der Waals surface area contributed by atoms with Gasteiger partial charge in [-0.05, 0) is 42.8 Å². The second-order valence-electron chi connectivity index (χ2n) is 4.93. The predicted octanol–water partition coefficient (Wildman–Crippen LogP) is 3.83. The maximum atomic E-state index is 12.1. The first kappa shape index (κ1) is 17.1. The number of ether oxygens (including phenoxy) is 2.